The lowest BCUT2D eigenvalue weighted by Crippen LogP contribution is -2.26. The van der Waals surface area contributed by atoms with E-state index < -0.39 is 0 Å². The lowest BCUT2D eigenvalue weighted by Gasteiger charge is -2.09. The lowest BCUT2D eigenvalue weighted by atomic mass is 10.1. The second-order valence-corrected chi connectivity index (χ2v) is 6.20. The molecule has 0 fully saturated rings. The van der Waals surface area contributed by atoms with Crippen molar-refractivity contribution in [1.82, 2.24) is 14.6 Å². The predicted molar refractivity (Wildman–Crippen MR) is 91.4 cm³/mol. The molecule has 6 heteroatoms. The largest absolute Gasteiger partial charge is 0.326 e. The number of aromatic nitrogens is 3. The van der Waals surface area contributed by atoms with Crippen molar-refractivity contribution in [2.45, 2.75) is 32.6 Å². The van der Waals surface area contributed by atoms with E-state index in [0.717, 1.165) is 18.5 Å². The van der Waals surface area contributed by atoms with E-state index in [1.807, 2.05) is 12.1 Å². The summed E-state index contributed by atoms with van der Waals surface area (Å²) in [5, 5.41) is 5.71. The molecule has 0 bridgehead atoms. The van der Waals surface area contributed by atoms with Crippen LogP contribution in [-0.2, 0) is 24.1 Å². The lowest BCUT2D eigenvalue weighted by molar-refractivity contribution is -0.115. The van der Waals surface area contributed by atoms with Gasteiger partial charge in [-0.05, 0) is 49.4 Å². The first-order valence-electron chi connectivity index (χ1n) is 8.09. The topological polar surface area (TPSA) is 79.3 Å². The minimum absolute atomic E-state index is 0.0106. The van der Waals surface area contributed by atoms with Gasteiger partial charge in [-0.1, -0.05) is 6.07 Å². The van der Waals surface area contributed by atoms with Gasteiger partial charge in [0.1, 0.15) is 0 Å². The highest BCUT2D eigenvalue weighted by Crippen LogP contribution is 2.24. The minimum atomic E-state index is -0.230. The maximum Gasteiger partial charge on any atom is 0.276 e. The summed E-state index contributed by atoms with van der Waals surface area (Å²) in [6.07, 6.45) is 5.01. The predicted octanol–water partition coefficient (Wildman–Crippen LogP) is 2.00. The Bertz CT molecular complexity index is 1000. The Balaban J connectivity index is 1.57. The highest BCUT2D eigenvalue weighted by molar-refractivity contribution is 5.92. The number of amides is 1. The van der Waals surface area contributed by atoms with Gasteiger partial charge in [0.15, 0.2) is 5.65 Å². The Morgan fingerprint density at radius 3 is 3.00 bits per heavy atom. The second-order valence-electron chi connectivity index (χ2n) is 6.20. The molecule has 1 aromatic carbocycles. The maximum atomic E-state index is 12.5. The maximum absolute atomic E-state index is 12.5. The van der Waals surface area contributed by atoms with Gasteiger partial charge in [-0.2, -0.15) is 0 Å². The minimum Gasteiger partial charge on any atom is -0.326 e. The van der Waals surface area contributed by atoms with Crippen molar-refractivity contribution in [1.29, 1.82) is 0 Å². The first-order valence-corrected chi connectivity index (χ1v) is 8.09. The number of hydrogen-bond donors (Lipinski definition) is 2. The molecule has 2 aromatic heterocycles. The molecule has 1 aliphatic carbocycles. The van der Waals surface area contributed by atoms with E-state index in [1.54, 1.807) is 19.2 Å². The van der Waals surface area contributed by atoms with Gasteiger partial charge in [0.2, 0.25) is 5.91 Å². The van der Waals surface area contributed by atoms with Crippen molar-refractivity contribution in [3.8, 4) is 0 Å². The van der Waals surface area contributed by atoms with Crippen LogP contribution in [0.3, 0.4) is 0 Å². The SMILES string of the molecule is Cc1nc2cc[nH]n2c(=O)c1CC(=O)Nc1ccc2c(c1)CCC2. The quantitative estimate of drug-likeness (QED) is 0.774. The van der Waals surface area contributed by atoms with E-state index in [9.17, 15) is 9.59 Å². The number of nitrogens with one attached hydrogen (secondary N) is 2. The number of carbonyl (C=O) groups is 1. The fourth-order valence-electron chi connectivity index (χ4n) is 3.32. The average Bonchev–Trinajstić information content (AvgIpc) is 3.19. The molecule has 0 radical (unpaired) electrons. The average molecular weight is 322 g/mol. The van der Waals surface area contributed by atoms with Gasteiger partial charge >= 0.3 is 0 Å². The molecule has 0 saturated carbocycles. The normalized spacial score (nSPS) is 13.2. The fraction of sp³-hybridized carbons (Fsp3) is 0.278. The summed E-state index contributed by atoms with van der Waals surface area (Å²) in [6.45, 7) is 1.76. The molecule has 4 rings (SSSR count). The van der Waals surface area contributed by atoms with Crippen LogP contribution in [0.2, 0.25) is 0 Å². The number of anilines is 1. The molecular weight excluding hydrogens is 304 g/mol. The van der Waals surface area contributed by atoms with E-state index in [2.05, 4.69) is 21.5 Å². The van der Waals surface area contributed by atoms with E-state index in [4.69, 9.17) is 0 Å². The van der Waals surface area contributed by atoms with Crippen molar-refractivity contribution >= 4 is 17.2 Å². The van der Waals surface area contributed by atoms with Crippen molar-refractivity contribution in [3.05, 3.63) is 63.2 Å². The van der Waals surface area contributed by atoms with Gasteiger partial charge in [-0.3, -0.25) is 14.7 Å². The van der Waals surface area contributed by atoms with Crippen LogP contribution in [0.15, 0.2) is 35.3 Å². The number of aryl methyl sites for hydroxylation is 3. The summed E-state index contributed by atoms with van der Waals surface area (Å²) in [6, 6.07) is 7.76. The van der Waals surface area contributed by atoms with Crippen molar-refractivity contribution in [2.75, 3.05) is 5.32 Å². The molecule has 1 amide bonds. The molecule has 0 saturated heterocycles. The number of fused-ring (bicyclic) bond motifs is 2. The summed E-state index contributed by atoms with van der Waals surface area (Å²) < 4.78 is 1.35. The Labute approximate surface area is 138 Å². The molecule has 1 aliphatic rings. The number of H-pyrrole nitrogens is 1. The molecule has 2 heterocycles. The molecule has 3 aromatic rings. The molecule has 6 nitrogen and oxygen atoms in total. The Morgan fingerprint density at radius 2 is 2.12 bits per heavy atom. The number of nitrogens with zero attached hydrogens (tertiary/aromatic N) is 2. The first-order chi connectivity index (χ1) is 11.6. The smallest absolute Gasteiger partial charge is 0.276 e. The molecule has 24 heavy (non-hydrogen) atoms. The molecule has 122 valence electrons. The van der Waals surface area contributed by atoms with Crippen LogP contribution in [-0.4, -0.2) is 20.5 Å². The van der Waals surface area contributed by atoms with Gasteiger partial charge in [0, 0.05) is 29.2 Å². The summed E-state index contributed by atoms with van der Waals surface area (Å²) in [5.41, 5.74) is 4.78. The van der Waals surface area contributed by atoms with Crippen LogP contribution in [0.4, 0.5) is 5.69 Å². The third-order valence-electron chi connectivity index (χ3n) is 4.56. The summed E-state index contributed by atoms with van der Waals surface area (Å²) >= 11 is 0. The van der Waals surface area contributed by atoms with Crippen LogP contribution in [0.25, 0.3) is 5.65 Å². The zero-order valence-electron chi connectivity index (χ0n) is 13.4. The first kappa shape index (κ1) is 14.7. The zero-order valence-corrected chi connectivity index (χ0v) is 13.4. The van der Waals surface area contributed by atoms with E-state index >= 15 is 0 Å². The highest BCUT2D eigenvalue weighted by atomic mass is 16.2. The number of hydrogen-bond acceptors (Lipinski definition) is 3. The van der Waals surface area contributed by atoms with Gasteiger partial charge in [0.05, 0.1) is 6.42 Å². The van der Waals surface area contributed by atoms with Crippen LogP contribution >= 0.6 is 0 Å². The van der Waals surface area contributed by atoms with E-state index in [0.29, 0.717) is 16.9 Å². The van der Waals surface area contributed by atoms with Crippen LogP contribution in [0.1, 0.15) is 28.8 Å². The van der Waals surface area contributed by atoms with Crippen molar-refractivity contribution in [3.63, 3.8) is 0 Å². The Hall–Kier alpha value is -2.89. The number of rotatable bonds is 3. The van der Waals surface area contributed by atoms with Gasteiger partial charge in [-0.25, -0.2) is 9.50 Å². The van der Waals surface area contributed by atoms with Gasteiger partial charge in [-0.15, -0.1) is 0 Å². The zero-order chi connectivity index (χ0) is 16.7. The van der Waals surface area contributed by atoms with Crippen LogP contribution < -0.4 is 10.9 Å². The molecule has 0 unspecified atom stereocenters. The second kappa shape index (κ2) is 5.63. The molecular formula is C18H18N4O2. The van der Waals surface area contributed by atoms with Gasteiger partial charge in [0.25, 0.3) is 5.56 Å². The molecule has 2 N–H and O–H groups in total. The fourth-order valence-corrected chi connectivity index (χ4v) is 3.32. The third-order valence-corrected chi connectivity index (χ3v) is 4.56. The Kier molecular flexibility index (Phi) is 3.45. The van der Waals surface area contributed by atoms with Crippen LogP contribution in [0, 0.1) is 6.92 Å². The number of benzene rings is 1. The number of aromatic amines is 1. The summed E-state index contributed by atoms with van der Waals surface area (Å²) in [7, 11) is 0. The van der Waals surface area contributed by atoms with Crippen molar-refractivity contribution in [2.24, 2.45) is 0 Å². The third kappa shape index (κ3) is 2.50. The highest BCUT2D eigenvalue weighted by Gasteiger charge is 2.16. The summed E-state index contributed by atoms with van der Waals surface area (Å²) in [5.74, 6) is -0.207. The van der Waals surface area contributed by atoms with E-state index in [1.165, 1.54) is 22.1 Å². The summed E-state index contributed by atoms with van der Waals surface area (Å²) in [4.78, 5) is 29.2. The number of carbonyl (C=O) groups excluding carboxylic acids is 1. The molecule has 0 atom stereocenters. The molecule has 0 spiro atoms. The van der Waals surface area contributed by atoms with Crippen molar-refractivity contribution < 1.29 is 4.79 Å². The van der Waals surface area contributed by atoms with Crippen LogP contribution in [0.5, 0.6) is 0 Å². The standard InChI is InChI=1S/C18H18N4O2/c1-11-15(18(24)22-16(20-11)7-8-19-22)10-17(23)21-14-6-5-12-3-2-4-13(12)9-14/h5-9,19H,2-4,10H2,1H3,(H,21,23). The van der Waals surface area contributed by atoms with E-state index in [-0.39, 0.29) is 17.9 Å². The molecule has 0 aliphatic heterocycles. The monoisotopic (exact) mass is 322 g/mol. The Morgan fingerprint density at radius 1 is 1.29 bits per heavy atom. The van der Waals surface area contributed by atoms with Gasteiger partial charge < -0.3 is 5.32 Å².